The predicted octanol–water partition coefficient (Wildman–Crippen LogP) is 2.29. The van der Waals surface area contributed by atoms with Crippen LogP contribution in [-0.4, -0.2) is 20.6 Å². The zero-order chi connectivity index (χ0) is 12.6. The van der Waals surface area contributed by atoms with Crippen LogP contribution in [0.2, 0.25) is 0 Å². The Kier molecular flexibility index (Phi) is 7.15. The molecule has 5 N–H and O–H groups in total. The Bertz CT molecular complexity index is 366. The summed E-state index contributed by atoms with van der Waals surface area (Å²) in [6.45, 7) is 2.06. The molecule has 0 aliphatic carbocycles. The Labute approximate surface area is 105 Å². The van der Waals surface area contributed by atoms with E-state index in [0.717, 1.165) is 17.7 Å². The van der Waals surface area contributed by atoms with Crippen LogP contribution in [0.4, 0.5) is 5.69 Å². The highest BCUT2D eigenvalue weighted by molar-refractivity contribution is 7.80. The lowest BCUT2D eigenvalue weighted by molar-refractivity contribution is 0.560. The van der Waals surface area contributed by atoms with Crippen LogP contribution in [0.3, 0.4) is 0 Å². The van der Waals surface area contributed by atoms with Gasteiger partial charge in [0.1, 0.15) is 0 Å². The van der Waals surface area contributed by atoms with Crippen LogP contribution in [-0.2, 0) is 6.42 Å². The fraction of sp³-hybridized carbons (Fsp3) is 0.200. The summed E-state index contributed by atoms with van der Waals surface area (Å²) >= 11 is 8.40. The number of aliphatic hydroxyl groups excluding tert-OH is 2. The maximum absolute atomic E-state index is 8.85. The molecule has 0 atom stereocenters. The number of benzene rings is 1. The van der Waals surface area contributed by atoms with Crippen molar-refractivity contribution in [2.24, 2.45) is 5.73 Å². The second-order valence-corrected chi connectivity index (χ2v) is 3.58. The molecule has 0 fully saturated rings. The Balaban J connectivity index is 0.000000487. The minimum atomic E-state index is -0.500. The zero-order valence-electron chi connectivity index (χ0n) is 8.80. The van der Waals surface area contributed by atoms with Crippen LogP contribution in [0.1, 0.15) is 12.5 Å². The van der Waals surface area contributed by atoms with Gasteiger partial charge in [-0.1, -0.05) is 25.1 Å². The summed E-state index contributed by atoms with van der Waals surface area (Å²) in [5, 5.41) is 18.4. The van der Waals surface area contributed by atoms with E-state index in [9.17, 15) is 0 Å². The van der Waals surface area contributed by atoms with Gasteiger partial charge >= 0.3 is 0 Å². The number of thiocarbonyl (C=S) groups is 2. The highest BCUT2D eigenvalue weighted by Gasteiger charge is 1.99. The van der Waals surface area contributed by atoms with Crippen molar-refractivity contribution < 1.29 is 10.2 Å². The SMILES string of the molecule is CCc1ccccc1NC(O)=S.NC(O)=S. The summed E-state index contributed by atoms with van der Waals surface area (Å²) in [5.41, 5.74) is 6.43. The van der Waals surface area contributed by atoms with Gasteiger partial charge in [-0.2, -0.15) is 0 Å². The molecule has 4 nitrogen and oxygen atoms in total. The third-order valence-electron chi connectivity index (χ3n) is 1.64. The van der Waals surface area contributed by atoms with Crippen LogP contribution >= 0.6 is 24.4 Å². The van der Waals surface area contributed by atoms with Crippen molar-refractivity contribution >= 4 is 40.5 Å². The molecular weight excluding hydrogens is 244 g/mol. The summed E-state index contributed by atoms with van der Waals surface area (Å²) in [6.07, 6.45) is 0.922. The monoisotopic (exact) mass is 258 g/mol. The molecule has 0 spiro atoms. The molecule has 0 unspecified atom stereocenters. The first kappa shape index (κ1) is 14.6. The van der Waals surface area contributed by atoms with Crippen molar-refractivity contribution in [3.63, 3.8) is 0 Å². The first-order chi connectivity index (χ1) is 7.47. The Hall–Kier alpha value is -1.40. The lowest BCUT2D eigenvalue weighted by Gasteiger charge is -2.07. The summed E-state index contributed by atoms with van der Waals surface area (Å²) in [6, 6.07) is 7.76. The van der Waals surface area contributed by atoms with Crippen LogP contribution < -0.4 is 11.1 Å². The third-order valence-corrected chi connectivity index (χ3v) is 1.74. The fourth-order valence-electron chi connectivity index (χ4n) is 1.07. The van der Waals surface area contributed by atoms with Gasteiger partial charge in [0, 0.05) is 5.69 Å². The molecule has 1 aromatic carbocycles. The van der Waals surface area contributed by atoms with Gasteiger partial charge in [0.05, 0.1) is 0 Å². The average molecular weight is 258 g/mol. The molecule has 6 heteroatoms. The first-order valence-electron chi connectivity index (χ1n) is 4.53. The molecule has 0 amide bonds. The van der Waals surface area contributed by atoms with Gasteiger partial charge in [-0.3, -0.25) is 0 Å². The van der Waals surface area contributed by atoms with Crippen molar-refractivity contribution in [3.8, 4) is 0 Å². The van der Waals surface area contributed by atoms with Crippen LogP contribution in [0.15, 0.2) is 24.3 Å². The third kappa shape index (κ3) is 6.97. The minimum Gasteiger partial charge on any atom is -0.487 e. The summed E-state index contributed by atoms with van der Waals surface area (Å²) in [7, 11) is 0. The van der Waals surface area contributed by atoms with Gasteiger partial charge in [-0.15, -0.1) is 0 Å². The molecule has 0 radical (unpaired) electrons. The molecule has 0 aliphatic heterocycles. The molecule has 0 aliphatic rings. The van der Waals surface area contributed by atoms with Gasteiger partial charge in [0.15, 0.2) is 0 Å². The molecule has 16 heavy (non-hydrogen) atoms. The van der Waals surface area contributed by atoms with E-state index in [2.05, 4.69) is 42.4 Å². The van der Waals surface area contributed by atoms with Crippen molar-refractivity contribution in [2.75, 3.05) is 5.32 Å². The van der Waals surface area contributed by atoms with Gasteiger partial charge in [-0.05, 0) is 42.5 Å². The van der Waals surface area contributed by atoms with Gasteiger partial charge in [0.2, 0.25) is 0 Å². The Morgan fingerprint density at radius 3 is 2.25 bits per heavy atom. The molecular formula is C10H14N2O2S2. The molecule has 0 heterocycles. The average Bonchev–Trinajstić information content (AvgIpc) is 2.17. The largest absolute Gasteiger partial charge is 0.487 e. The maximum Gasteiger partial charge on any atom is 0.258 e. The molecule has 0 saturated carbocycles. The Morgan fingerprint density at radius 2 is 1.81 bits per heavy atom. The molecule has 0 saturated heterocycles. The second-order valence-electron chi connectivity index (χ2n) is 2.78. The molecule has 0 aromatic heterocycles. The zero-order valence-corrected chi connectivity index (χ0v) is 10.4. The van der Waals surface area contributed by atoms with Crippen LogP contribution in [0.25, 0.3) is 0 Å². The highest BCUT2D eigenvalue weighted by Crippen LogP contribution is 2.14. The lowest BCUT2D eigenvalue weighted by Crippen LogP contribution is -2.08. The number of anilines is 1. The second kappa shape index (κ2) is 7.84. The van der Waals surface area contributed by atoms with E-state index in [1.54, 1.807) is 0 Å². The number of aliphatic hydroxyl groups is 2. The van der Waals surface area contributed by atoms with Crippen LogP contribution in [0.5, 0.6) is 0 Å². The summed E-state index contributed by atoms with van der Waals surface area (Å²) in [4.78, 5) is 0. The first-order valence-corrected chi connectivity index (χ1v) is 5.35. The summed E-state index contributed by atoms with van der Waals surface area (Å²) in [5.74, 6) is 0. The smallest absolute Gasteiger partial charge is 0.258 e. The number of para-hydroxylation sites is 1. The van der Waals surface area contributed by atoms with Crippen molar-refractivity contribution in [1.29, 1.82) is 0 Å². The Morgan fingerprint density at radius 1 is 1.31 bits per heavy atom. The quantitative estimate of drug-likeness (QED) is 0.610. The molecule has 0 bridgehead atoms. The van der Waals surface area contributed by atoms with E-state index in [0.29, 0.717) is 0 Å². The maximum atomic E-state index is 8.85. The number of aryl methyl sites for hydroxylation is 1. The van der Waals surface area contributed by atoms with Gasteiger partial charge in [-0.25, -0.2) is 0 Å². The standard InChI is InChI=1S/C9H11NOS.CH3NOS/c1-2-7-5-3-4-6-8(7)10-9(11)12;2-1(3)4/h3-6H,2H2,1H3,(H2,10,11,12);(H3,2,3,4). The summed E-state index contributed by atoms with van der Waals surface area (Å²) < 4.78 is 0. The van der Waals surface area contributed by atoms with Crippen molar-refractivity contribution in [1.82, 2.24) is 0 Å². The molecule has 88 valence electrons. The molecule has 1 aromatic rings. The highest BCUT2D eigenvalue weighted by atomic mass is 32.1. The van der Waals surface area contributed by atoms with E-state index in [1.807, 2.05) is 24.3 Å². The van der Waals surface area contributed by atoms with E-state index >= 15 is 0 Å². The number of hydrogen-bond donors (Lipinski definition) is 4. The fourth-order valence-corrected chi connectivity index (χ4v) is 1.18. The van der Waals surface area contributed by atoms with E-state index in [-0.39, 0.29) is 5.17 Å². The van der Waals surface area contributed by atoms with Crippen LogP contribution in [0, 0.1) is 0 Å². The van der Waals surface area contributed by atoms with Gasteiger partial charge < -0.3 is 21.3 Å². The normalized spacial score (nSPS) is 8.56. The van der Waals surface area contributed by atoms with E-state index < -0.39 is 5.17 Å². The molecule has 1 rings (SSSR count). The van der Waals surface area contributed by atoms with E-state index in [4.69, 9.17) is 10.2 Å². The topological polar surface area (TPSA) is 78.5 Å². The number of hydrogen-bond acceptors (Lipinski definition) is 2. The van der Waals surface area contributed by atoms with E-state index in [1.165, 1.54) is 0 Å². The minimum absolute atomic E-state index is 0.184. The number of nitrogens with two attached hydrogens (primary N) is 1. The lowest BCUT2D eigenvalue weighted by atomic mass is 10.1. The van der Waals surface area contributed by atoms with Crippen molar-refractivity contribution in [2.45, 2.75) is 13.3 Å². The van der Waals surface area contributed by atoms with Crippen molar-refractivity contribution in [3.05, 3.63) is 29.8 Å². The predicted molar refractivity (Wildman–Crippen MR) is 74.1 cm³/mol. The number of rotatable bonds is 2. The number of nitrogens with one attached hydrogen (secondary N) is 1. The van der Waals surface area contributed by atoms with Gasteiger partial charge in [0.25, 0.3) is 10.3 Å².